The molecule has 350 valence electrons. The minimum Gasteiger partial charge on any atom is -0.462 e. The number of esters is 3. The monoisotopic (exact) mass is 835 g/mol. The van der Waals surface area contributed by atoms with E-state index in [1.807, 2.05) is 0 Å². The van der Waals surface area contributed by atoms with E-state index in [1.165, 1.54) is 167 Å². The lowest BCUT2D eigenvalue weighted by Gasteiger charge is -2.18. The zero-order valence-corrected chi connectivity index (χ0v) is 40.5. The van der Waals surface area contributed by atoms with E-state index in [2.05, 4.69) is 41.5 Å². The molecule has 1 unspecified atom stereocenters. The van der Waals surface area contributed by atoms with E-state index < -0.39 is 6.10 Å². The molecule has 0 fully saturated rings. The van der Waals surface area contributed by atoms with Crippen LogP contribution in [0, 0.1) is 17.8 Å². The number of unbranched alkanes of at least 4 members (excludes halogenated alkanes) is 28. The van der Waals surface area contributed by atoms with Gasteiger partial charge in [0.15, 0.2) is 6.10 Å². The normalized spacial score (nSPS) is 12.6. The van der Waals surface area contributed by atoms with Crippen molar-refractivity contribution in [2.24, 2.45) is 17.8 Å². The summed E-state index contributed by atoms with van der Waals surface area (Å²) in [4.78, 5) is 37.9. The third-order valence-corrected chi connectivity index (χ3v) is 12.3. The lowest BCUT2D eigenvalue weighted by Crippen LogP contribution is -2.30. The van der Waals surface area contributed by atoms with Crippen LogP contribution in [0.15, 0.2) is 0 Å². The van der Waals surface area contributed by atoms with Gasteiger partial charge in [-0.15, -0.1) is 0 Å². The summed E-state index contributed by atoms with van der Waals surface area (Å²) in [6.45, 7) is 13.7. The van der Waals surface area contributed by atoms with Crippen molar-refractivity contribution in [2.45, 2.75) is 292 Å². The van der Waals surface area contributed by atoms with Gasteiger partial charge in [0, 0.05) is 19.3 Å². The second kappa shape index (κ2) is 44.5. The Morgan fingerprint density at radius 1 is 0.339 bits per heavy atom. The van der Waals surface area contributed by atoms with Gasteiger partial charge >= 0.3 is 17.9 Å². The topological polar surface area (TPSA) is 78.9 Å². The van der Waals surface area contributed by atoms with Crippen molar-refractivity contribution in [3.05, 3.63) is 0 Å². The van der Waals surface area contributed by atoms with Gasteiger partial charge in [-0.3, -0.25) is 14.4 Å². The van der Waals surface area contributed by atoms with Crippen LogP contribution in [-0.2, 0) is 28.6 Å². The number of carbonyl (C=O) groups excluding carboxylic acids is 3. The van der Waals surface area contributed by atoms with Crippen molar-refractivity contribution in [1.29, 1.82) is 0 Å². The molecule has 0 radical (unpaired) electrons. The first-order valence-electron chi connectivity index (χ1n) is 26.1. The maximum absolute atomic E-state index is 12.8. The van der Waals surface area contributed by atoms with E-state index in [-0.39, 0.29) is 31.1 Å². The van der Waals surface area contributed by atoms with Crippen LogP contribution in [-0.4, -0.2) is 37.2 Å². The maximum Gasteiger partial charge on any atom is 0.306 e. The molecule has 0 amide bonds. The first-order chi connectivity index (χ1) is 28.6. The molecular formula is C53H102O6. The zero-order valence-electron chi connectivity index (χ0n) is 40.5. The predicted molar refractivity (Wildman–Crippen MR) is 252 cm³/mol. The Bertz CT molecular complexity index is 916. The standard InChI is InChI=1S/C53H102O6/c1-7-49(6)41-35-29-23-18-19-25-32-38-44-53(56)59-50(46-58-52(55)43-37-31-26-20-22-28-34-40-48(4)5)45-57-51(54)42-36-30-24-17-15-13-11-9-8-10-12-14-16-21-27-33-39-47(2)3/h47-50H,7-46H2,1-6H3/t49?,50-/m0/s1. The van der Waals surface area contributed by atoms with E-state index in [0.29, 0.717) is 19.3 Å². The van der Waals surface area contributed by atoms with Gasteiger partial charge in [0.25, 0.3) is 0 Å². The summed E-state index contributed by atoms with van der Waals surface area (Å²) in [6, 6.07) is 0. The molecule has 0 aliphatic carbocycles. The molecule has 6 nitrogen and oxygen atoms in total. The highest BCUT2D eigenvalue weighted by Crippen LogP contribution is 2.18. The molecule has 0 heterocycles. The predicted octanol–water partition coefficient (Wildman–Crippen LogP) is 16.8. The Balaban J connectivity index is 4.24. The van der Waals surface area contributed by atoms with Crippen LogP contribution in [0.1, 0.15) is 286 Å². The highest BCUT2D eigenvalue weighted by atomic mass is 16.6. The second-order valence-electron chi connectivity index (χ2n) is 19.4. The summed E-state index contributed by atoms with van der Waals surface area (Å²) in [7, 11) is 0. The fourth-order valence-electron chi connectivity index (χ4n) is 7.91. The minimum absolute atomic E-state index is 0.0653. The number of ether oxygens (including phenoxy) is 3. The van der Waals surface area contributed by atoms with E-state index in [4.69, 9.17) is 14.2 Å². The Morgan fingerprint density at radius 2 is 0.593 bits per heavy atom. The molecule has 0 aliphatic heterocycles. The summed E-state index contributed by atoms with van der Waals surface area (Å²) in [5.74, 6) is 1.62. The third-order valence-electron chi connectivity index (χ3n) is 12.3. The van der Waals surface area contributed by atoms with Crippen molar-refractivity contribution in [3.63, 3.8) is 0 Å². The van der Waals surface area contributed by atoms with E-state index in [9.17, 15) is 14.4 Å². The molecule has 0 spiro atoms. The van der Waals surface area contributed by atoms with Gasteiger partial charge in [0.05, 0.1) is 0 Å². The average molecular weight is 835 g/mol. The van der Waals surface area contributed by atoms with Crippen LogP contribution in [0.4, 0.5) is 0 Å². The quantitative estimate of drug-likeness (QED) is 0.0345. The Hall–Kier alpha value is -1.59. The van der Waals surface area contributed by atoms with Crippen LogP contribution >= 0.6 is 0 Å². The number of hydrogen-bond acceptors (Lipinski definition) is 6. The molecule has 0 aromatic carbocycles. The van der Waals surface area contributed by atoms with Gasteiger partial charge in [0.2, 0.25) is 0 Å². The third kappa shape index (κ3) is 45.8. The molecule has 6 heteroatoms. The molecule has 0 aliphatic rings. The van der Waals surface area contributed by atoms with E-state index in [1.54, 1.807) is 0 Å². The maximum atomic E-state index is 12.8. The van der Waals surface area contributed by atoms with Crippen molar-refractivity contribution >= 4 is 17.9 Å². The highest BCUT2D eigenvalue weighted by molar-refractivity contribution is 5.71. The molecule has 0 saturated carbocycles. The van der Waals surface area contributed by atoms with Crippen molar-refractivity contribution in [2.75, 3.05) is 13.2 Å². The second-order valence-corrected chi connectivity index (χ2v) is 19.4. The lowest BCUT2D eigenvalue weighted by molar-refractivity contribution is -0.167. The average Bonchev–Trinajstić information content (AvgIpc) is 3.20. The first-order valence-corrected chi connectivity index (χ1v) is 26.1. The molecule has 2 atom stereocenters. The van der Waals surface area contributed by atoms with Crippen LogP contribution in [0.3, 0.4) is 0 Å². The molecule has 59 heavy (non-hydrogen) atoms. The SMILES string of the molecule is CCC(C)CCCCCCCCCCC(=O)O[C@@H](COC(=O)CCCCCCCCCCCCCCCCCCC(C)C)COC(=O)CCCCCCCCCC(C)C. The van der Waals surface area contributed by atoms with Gasteiger partial charge in [-0.2, -0.15) is 0 Å². The summed E-state index contributed by atoms with van der Waals surface area (Å²) in [5.41, 5.74) is 0. The van der Waals surface area contributed by atoms with Gasteiger partial charge in [0.1, 0.15) is 13.2 Å². The number of hydrogen-bond donors (Lipinski definition) is 0. The highest BCUT2D eigenvalue weighted by Gasteiger charge is 2.19. The molecule has 0 saturated heterocycles. The van der Waals surface area contributed by atoms with Crippen LogP contribution in [0.2, 0.25) is 0 Å². The van der Waals surface area contributed by atoms with Crippen LogP contribution in [0.25, 0.3) is 0 Å². The van der Waals surface area contributed by atoms with E-state index in [0.717, 1.165) is 75.5 Å². The summed E-state index contributed by atoms with van der Waals surface area (Å²) in [5, 5.41) is 0. The Labute approximate surface area is 368 Å². The Kier molecular flexibility index (Phi) is 43.3. The van der Waals surface area contributed by atoms with Crippen molar-refractivity contribution < 1.29 is 28.6 Å². The summed E-state index contributed by atoms with van der Waals surface area (Å²) in [6.07, 6.45) is 43.8. The minimum atomic E-state index is -0.763. The van der Waals surface area contributed by atoms with Gasteiger partial charge in [-0.25, -0.2) is 0 Å². The largest absolute Gasteiger partial charge is 0.462 e. The summed E-state index contributed by atoms with van der Waals surface area (Å²) >= 11 is 0. The molecule has 0 aromatic rings. The fourth-order valence-corrected chi connectivity index (χ4v) is 7.91. The molecule has 0 bridgehead atoms. The van der Waals surface area contributed by atoms with Gasteiger partial charge in [-0.05, 0) is 37.0 Å². The Morgan fingerprint density at radius 3 is 0.881 bits per heavy atom. The number of carbonyl (C=O) groups is 3. The molecule has 0 aromatic heterocycles. The molecule has 0 N–H and O–H groups in total. The van der Waals surface area contributed by atoms with Crippen molar-refractivity contribution in [1.82, 2.24) is 0 Å². The van der Waals surface area contributed by atoms with Gasteiger partial charge in [-0.1, -0.05) is 247 Å². The van der Waals surface area contributed by atoms with E-state index >= 15 is 0 Å². The molecular weight excluding hydrogens is 733 g/mol. The molecule has 0 rings (SSSR count). The smallest absolute Gasteiger partial charge is 0.306 e. The zero-order chi connectivity index (χ0) is 43.4. The lowest BCUT2D eigenvalue weighted by atomic mass is 9.99. The van der Waals surface area contributed by atoms with Crippen molar-refractivity contribution in [3.8, 4) is 0 Å². The van der Waals surface area contributed by atoms with Gasteiger partial charge < -0.3 is 14.2 Å². The first kappa shape index (κ1) is 57.4. The summed E-state index contributed by atoms with van der Waals surface area (Å²) < 4.78 is 16.8. The van der Waals surface area contributed by atoms with Crippen LogP contribution in [0.5, 0.6) is 0 Å². The van der Waals surface area contributed by atoms with Crippen LogP contribution < -0.4 is 0 Å². The number of rotatable bonds is 46. The fraction of sp³-hybridized carbons (Fsp3) is 0.943.